The number of likely N-dealkylation sites (N-methyl/N-ethyl adjacent to an activating group) is 2. The first-order valence-corrected chi connectivity index (χ1v) is 29.3. The van der Waals surface area contributed by atoms with Crippen LogP contribution in [0.25, 0.3) is 0 Å². The van der Waals surface area contributed by atoms with Crippen molar-refractivity contribution in [3.05, 3.63) is 71.8 Å². The lowest BCUT2D eigenvalue weighted by Gasteiger charge is -2.35. The van der Waals surface area contributed by atoms with Gasteiger partial charge in [-0.2, -0.15) is 0 Å². The summed E-state index contributed by atoms with van der Waals surface area (Å²) in [4.78, 5) is 86.0. The van der Waals surface area contributed by atoms with Crippen molar-refractivity contribution in [2.24, 2.45) is 10.8 Å². The third-order valence-corrected chi connectivity index (χ3v) is 17.8. The van der Waals surface area contributed by atoms with Crippen molar-refractivity contribution in [2.75, 3.05) is 52.0 Å². The first-order chi connectivity index (χ1) is 35.5. The highest BCUT2D eigenvalue weighted by Crippen LogP contribution is 2.48. The van der Waals surface area contributed by atoms with E-state index in [2.05, 4.69) is 31.9 Å². The number of fused-ring (bicyclic) bond motifs is 2. The standard InChI is InChI=1S/C56H86N8O8S2/c1-37(57-7)49(65)59-41-27-31-73-45-33-55(3,4)47(63(45)53(41)69)51(67)61-43(39-23-17-15-18-24-39)35-71-29-21-13-11-9-10-12-14-22-30-72-36-44(40-25-19-16-20-26-40)62-52(68)48-56(5,6)34-46-64(48)54(70)42(28-32-74-46)60-50(66)38(2)58-8/h15-20,23-26,37-38,41-48,57-58H,9-14,21-22,27-36H2,1-8H3,(H,59,65)(H,60,66)(H,61,67)(H,62,68)/t37-,38-,41+,42+,43-,44+,45?,46?,47-,48-/m0/s1. The smallest absolute Gasteiger partial charge is 0.246 e. The Hall–Kier alpha value is -4.20. The lowest BCUT2D eigenvalue weighted by Crippen LogP contribution is -2.58. The Morgan fingerprint density at radius 2 is 0.932 bits per heavy atom. The summed E-state index contributed by atoms with van der Waals surface area (Å²) in [5, 5.41) is 18.0. The van der Waals surface area contributed by atoms with E-state index in [0.29, 0.717) is 63.6 Å². The van der Waals surface area contributed by atoms with Gasteiger partial charge in [-0.05, 0) is 99.9 Å². The van der Waals surface area contributed by atoms with Crippen molar-refractivity contribution >= 4 is 59.0 Å². The molecule has 4 aliphatic heterocycles. The second kappa shape index (κ2) is 28.3. The molecule has 410 valence electrons. The second-order valence-corrected chi connectivity index (χ2v) is 24.5. The SMILES string of the molecule is CN[C@@H](C)C(=O)N[C@@H]1CCSC2CC(C)(C)[C@H](C(=O)N[C@@H](COCCCCCCCCCCOC[C@@H](NC(=O)[C@@H]3N4C(=O)[C@H](NC(=O)[C@H](C)NC)CCSC4CC3(C)C)c3ccccc3)c3ccccc3)N2C1=O. The Balaban J connectivity index is 0.898. The number of rotatable bonds is 27. The van der Waals surface area contributed by atoms with Crippen molar-refractivity contribution in [1.29, 1.82) is 0 Å². The third kappa shape index (κ3) is 15.7. The Bertz CT molecular complexity index is 2010. The maximum atomic E-state index is 14.3. The van der Waals surface area contributed by atoms with Crippen molar-refractivity contribution < 1.29 is 38.2 Å². The molecule has 2 aromatic rings. The van der Waals surface area contributed by atoms with Crippen LogP contribution in [0.5, 0.6) is 0 Å². The highest BCUT2D eigenvalue weighted by molar-refractivity contribution is 8.00. The molecule has 0 spiro atoms. The van der Waals surface area contributed by atoms with Crippen LogP contribution < -0.4 is 31.9 Å². The molecule has 74 heavy (non-hydrogen) atoms. The first kappa shape index (κ1) is 59.1. The van der Waals surface area contributed by atoms with Crippen LogP contribution in [0.1, 0.15) is 142 Å². The molecule has 0 aromatic heterocycles. The number of ether oxygens (including phenoxy) is 2. The fourth-order valence-corrected chi connectivity index (χ4v) is 13.9. The normalized spacial score (nSPS) is 24.9. The number of hydrogen-bond acceptors (Lipinski definition) is 12. The molecule has 0 saturated carbocycles. The van der Waals surface area contributed by atoms with Crippen LogP contribution in [0.2, 0.25) is 0 Å². The van der Waals surface area contributed by atoms with E-state index in [0.717, 1.165) is 62.5 Å². The van der Waals surface area contributed by atoms with Gasteiger partial charge in [0.1, 0.15) is 24.2 Å². The van der Waals surface area contributed by atoms with E-state index < -0.39 is 59.2 Å². The Morgan fingerprint density at radius 3 is 1.28 bits per heavy atom. The number of carbonyl (C=O) groups excluding carboxylic acids is 6. The van der Waals surface area contributed by atoms with Crippen LogP contribution in [0, 0.1) is 10.8 Å². The monoisotopic (exact) mass is 1060 g/mol. The van der Waals surface area contributed by atoms with Gasteiger partial charge in [-0.1, -0.05) is 127 Å². The molecule has 0 aliphatic carbocycles. The summed E-state index contributed by atoms with van der Waals surface area (Å²) >= 11 is 3.37. The molecule has 2 aromatic carbocycles. The number of thioether (sulfide) groups is 2. The number of unbranched alkanes of at least 4 members (excludes halogenated alkanes) is 7. The quantitative estimate of drug-likeness (QED) is 0.0554. The van der Waals surface area contributed by atoms with Gasteiger partial charge in [0.05, 0.1) is 48.1 Å². The van der Waals surface area contributed by atoms with Crippen LogP contribution in [-0.2, 0) is 38.2 Å². The molecule has 10 atom stereocenters. The summed E-state index contributed by atoms with van der Waals surface area (Å²) in [6.07, 6.45) is 10.8. The average molecular weight is 1060 g/mol. The Morgan fingerprint density at radius 1 is 0.581 bits per heavy atom. The van der Waals surface area contributed by atoms with E-state index >= 15 is 0 Å². The van der Waals surface area contributed by atoms with Crippen LogP contribution in [-0.4, -0.2) is 144 Å². The van der Waals surface area contributed by atoms with Gasteiger partial charge in [0, 0.05) is 13.2 Å². The number of hydrogen-bond donors (Lipinski definition) is 6. The molecule has 4 aliphatic rings. The lowest BCUT2D eigenvalue weighted by molar-refractivity contribution is -0.144. The highest BCUT2D eigenvalue weighted by atomic mass is 32.2. The average Bonchev–Trinajstić information content (AvgIpc) is 3.71. The minimum Gasteiger partial charge on any atom is -0.379 e. The molecule has 4 heterocycles. The molecular formula is C56H86N8O8S2. The summed E-state index contributed by atoms with van der Waals surface area (Å²) in [5.74, 6) is 0.128. The molecule has 6 rings (SSSR count). The second-order valence-electron chi connectivity index (χ2n) is 22.0. The number of amides is 6. The molecular weight excluding hydrogens is 977 g/mol. The topological polar surface area (TPSA) is 200 Å². The van der Waals surface area contributed by atoms with Crippen LogP contribution in [0.15, 0.2) is 60.7 Å². The maximum Gasteiger partial charge on any atom is 0.246 e. The Labute approximate surface area is 449 Å². The zero-order valence-electron chi connectivity index (χ0n) is 45.3. The zero-order chi connectivity index (χ0) is 53.4. The summed E-state index contributed by atoms with van der Waals surface area (Å²) < 4.78 is 12.5. The number of nitrogens with one attached hydrogen (secondary N) is 6. The number of carbonyl (C=O) groups is 6. The largest absolute Gasteiger partial charge is 0.379 e. The molecule has 0 radical (unpaired) electrons. The van der Waals surface area contributed by atoms with Gasteiger partial charge >= 0.3 is 0 Å². The molecule has 4 saturated heterocycles. The van der Waals surface area contributed by atoms with E-state index in [9.17, 15) is 28.8 Å². The molecule has 6 amide bonds. The van der Waals surface area contributed by atoms with Crippen LogP contribution >= 0.6 is 23.5 Å². The number of nitrogens with zero attached hydrogens (tertiary/aromatic N) is 2. The van der Waals surface area contributed by atoms with Crippen LogP contribution in [0.4, 0.5) is 0 Å². The van der Waals surface area contributed by atoms with Gasteiger partial charge in [0.15, 0.2) is 0 Å². The van der Waals surface area contributed by atoms with Gasteiger partial charge in [-0.15, -0.1) is 23.5 Å². The number of benzene rings is 2. The fourth-order valence-electron chi connectivity index (χ4n) is 10.7. The van der Waals surface area contributed by atoms with E-state index in [4.69, 9.17) is 9.47 Å². The summed E-state index contributed by atoms with van der Waals surface area (Å²) in [6, 6.07) is 15.2. The molecule has 0 bridgehead atoms. The minimum atomic E-state index is -0.695. The van der Waals surface area contributed by atoms with Crippen molar-refractivity contribution in [2.45, 2.75) is 178 Å². The summed E-state index contributed by atoms with van der Waals surface area (Å²) in [7, 11) is 3.42. The highest BCUT2D eigenvalue weighted by Gasteiger charge is 2.56. The van der Waals surface area contributed by atoms with Crippen molar-refractivity contribution in [3.8, 4) is 0 Å². The molecule has 16 nitrogen and oxygen atoms in total. The predicted molar refractivity (Wildman–Crippen MR) is 294 cm³/mol. The molecule has 6 N–H and O–H groups in total. The first-order valence-electron chi connectivity index (χ1n) is 27.2. The van der Waals surface area contributed by atoms with E-state index in [1.165, 1.54) is 0 Å². The van der Waals surface area contributed by atoms with Crippen LogP contribution in [0.3, 0.4) is 0 Å². The van der Waals surface area contributed by atoms with E-state index in [1.54, 1.807) is 61.3 Å². The Kier molecular flexibility index (Phi) is 22.5. The van der Waals surface area contributed by atoms with E-state index in [1.807, 2.05) is 88.4 Å². The van der Waals surface area contributed by atoms with Gasteiger partial charge in [-0.25, -0.2) is 0 Å². The van der Waals surface area contributed by atoms with Gasteiger partial charge < -0.3 is 51.2 Å². The van der Waals surface area contributed by atoms with Crippen molar-refractivity contribution in [1.82, 2.24) is 41.7 Å². The van der Waals surface area contributed by atoms with Gasteiger partial charge in [0.25, 0.3) is 0 Å². The molecule has 4 fully saturated rings. The van der Waals surface area contributed by atoms with Crippen molar-refractivity contribution in [3.63, 3.8) is 0 Å². The third-order valence-electron chi connectivity index (χ3n) is 15.3. The zero-order valence-corrected chi connectivity index (χ0v) is 46.9. The maximum absolute atomic E-state index is 14.3. The minimum absolute atomic E-state index is 0.145. The molecule has 18 heteroatoms. The molecule has 2 unspecified atom stereocenters. The van der Waals surface area contributed by atoms with Gasteiger partial charge in [-0.3, -0.25) is 28.8 Å². The summed E-state index contributed by atoms with van der Waals surface area (Å²) in [5.41, 5.74) is 0.935. The summed E-state index contributed by atoms with van der Waals surface area (Å²) in [6.45, 7) is 13.5. The lowest BCUT2D eigenvalue weighted by atomic mass is 9.83. The van der Waals surface area contributed by atoms with Gasteiger partial charge in [0.2, 0.25) is 35.4 Å². The van der Waals surface area contributed by atoms with E-state index in [-0.39, 0.29) is 46.2 Å². The fraction of sp³-hybridized carbons (Fsp3) is 0.679. The predicted octanol–water partition coefficient (Wildman–Crippen LogP) is 6.22.